The Morgan fingerprint density at radius 1 is 0.707 bits per heavy atom. The lowest BCUT2D eigenvalue weighted by Crippen LogP contribution is -2.46. The fourth-order valence-electron chi connectivity index (χ4n) is 6.67. The minimum atomic E-state index is -0.294. The maximum Gasteiger partial charge on any atom is 0.135 e. The van der Waals surface area contributed by atoms with E-state index >= 15 is 0 Å². The third-order valence-corrected chi connectivity index (χ3v) is 8.50. The van der Waals surface area contributed by atoms with Gasteiger partial charge in [0.05, 0.1) is 5.84 Å². The van der Waals surface area contributed by atoms with Crippen molar-refractivity contribution in [3.05, 3.63) is 143 Å². The van der Waals surface area contributed by atoms with Crippen LogP contribution in [-0.2, 0) is 0 Å². The maximum atomic E-state index is 6.21. The minimum absolute atomic E-state index is 0.140. The maximum absolute atomic E-state index is 6.21. The van der Waals surface area contributed by atoms with E-state index < -0.39 is 0 Å². The van der Waals surface area contributed by atoms with E-state index in [-0.39, 0.29) is 18.4 Å². The van der Waals surface area contributed by atoms with Crippen LogP contribution in [0.3, 0.4) is 0 Å². The van der Waals surface area contributed by atoms with Crippen molar-refractivity contribution in [3.63, 3.8) is 0 Å². The molecule has 1 aliphatic carbocycles. The van der Waals surface area contributed by atoms with E-state index in [2.05, 4.69) is 95.6 Å². The van der Waals surface area contributed by atoms with Crippen molar-refractivity contribution in [1.82, 2.24) is 10.6 Å². The van der Waals surface area contributed by atoms with Gasteiger partial charge in [-0.25, -0.2) is 4.99 Å². The van der Waals surface area contributed by atoms with Gasteiger partial charge in [-0.05, 0) is 80.0 Å². The largest absolute Gasteiger partial charge is 0.678 e. The number of amidine groups is 1. The highest BCUT2D eigenvalue weighted by molar-refractivity contribution is 6.15. The van der Waals surface area contributed by atoms with Crippen molar-refractivity contribution in [3.8, 4) is 22.3 Å². The van der Waals surface area contributed by atoms with Crippen molar-refractivity contribution in [2.24, 2.45) is 4.99 Å². The molecular formula is C36H25N4O-. The third-order valence-electron chi connectivity index (χ3n) is 8.50. The summed E-state index contributed by atoms with van der Waals surface area (Å²) in [6.45, 7) is 0. The van der Waals surface area contributed by atoms with Gasteiger partial charge in [0.1, 0.15) is 23.7 Å². The summed E-state index contributed by atoms with van der Waals surface area (Å²) >= 11 is 0. The van der Waals surface area contributed by atoms with Gasteiger partial charge in [0, 0.05) is 5.39 Å². The highest BCUT2D eigenvalue weighted by Gasteiger charge is 2.31. The number of hydrogen-bond donors (Lipinski definition) is 2. The van der Waals surface area contributed by atoms with Gasteiger partial charge in [0.15, 0.2) is 0 Å². The number of nitrogens with zero attached hydrogens (tertiary/aromatic N) is 2. The highest BCUT2D eigenvalue weighted by atomic mass is 16.3. The van der Waals surface area contributed by atoms with Crippen molar-refractivity contribution in [1.29, 1.82) is 0 Å². The van der Waals surface area contributed by atoms with Crippen LogP contribution in [0.4, 0.5) is 0 Å². The van der Waals surface area contributed by atoms with Gasteiger partial charge in [0.25, 0.3) is 0 Å². The van der Waals surface area contributed by atoms with Crippen LogP contribution in [0, 0.1) is 0 Å². The Hall–Kier alpha value is -5.13. The van der Waals surface area contributed by atoms with Gasteiger partial charge in [0.2, 0.25) is 0 Å². The molecule has 2 N–H and O–H groups in total. The average Bonchev–Trinajstić information content (AvgIpc) is 3.58. The molecule has 0 spiro atoms. The van der Waals surface area contributed by atoms with Gasteiger partial charge in [-0.1, -0.05) is 91.0 Å². The summed E-state index contributed by atoms with van der Waals surface area (Å²) in [5.41, 5.74) is 9.33. The van der Waals surface area contributed by atoms with Crippen molar-refractivity contribution in [2.45, 2.75) is 18.4 Å². The quantitative estimate of drug-likeness (QED) is 0.241. The van der Waals surface area contributed by atoms with Crippen LogP contribution in [0.2, 0.25) is 0 Å². The molecule has 41 heavy (non-hydrogen) atoms. The van der Waals surface area contributed by atoms with Crippen LogP contribution in [0.15, 0.2) is 125 Å². The molecular weight excluding hydrogens is 504 g/mol. The first-order valence-corrected chi connectivity index (χ1v) is 14.0. The first-order valence-electron chi connectivity index (χ1n) is 14.0. The molecule has 1 aromatic heterocycles. The first-order chi connectivity index (χ1) is 20.3. The summed E-state index contributed by atoms with van der Waals surface area (Å²) in [4.78, 5) is 5.32. The topological polar surface area (TPSA) is 63.7 Å². The van der Waals surface area contributed by atoms with Gasteiger partial charge < -0.3 is 15.1 Å². The Kier molecular flexibility index (Phi) is 4.80. The van der Waals surface area contributed by atoms with E-state index in [0.717, 1.165) is 39.3 Å². The van der Waals surface area contributed by atoms with E-state index in [9.17, 15) is 0 Å². The predicted octanol–water partition coefficient (Wildman–Crippen LogP) is 8.62. The second kappa shape index (κ2) is 8.68. The second-order valence-electron chi connectivity index (χ2n) is 10.8. The normalized spacial score (nSPS) is 20.3. The highest BCUT2D eigenvalue weighted by Crippen LogP contribution is 2.48. The van der Waals surface area contributed by atoms with E-state index in [1.807, 2.05) is 36.5 Å². The number of aliphatic imine (C=N–C) groups is 1. The Balaban J connectivity index is 1.21. The van der Waals surface area contributed by atoms with E-state index in [1.54, 1.807) is 0 Å². The fraction of sp³-hybridized carbons (Fsp3) is 0.0833. The minimum Gasteiger partial charge on any atom is -0.678 e. The molecule has 3 heterocycles. The predicted molar refractivity (Wildman–Crippen MR) is 165 cm³/mol. The summed E-state index contributed by atoms with van der Waals surface area (Å²) in [6, 6.07) is 38.2. The molecule has 2 aliphatic heterocycles. The number of hydrogen-bond acceptors (Lipinski definition) is 4. The number of nitrogens with one attached hydrogen (secondary N) is 2. The van der Waals surface area contributed by atoms with Crippen LogP contribution in [-0.4, -0.2) is 5.84 Å². The van der Waals surface area contributed by atoms with E-state index in [1.165, 1.54) is 33.0 Å². The van der Waals surface area contributed by atoms with Crippen molar-refractivity contribution in [2.75, 3.05) is 0 Å². The molecule has 9 rings (SSSR count). The Morgan fingerprint density at radius 3 is 2.39 bits per heavy atom. The van der Waals surface area contributed by atoms with Crippen LogP contribution in [0.5, 0.6) is 0 Å². The number of rotatable bonds is 3. The molecule has 6 aromatic rings. The fourth-order valence-corrected chi connectivity index (χ4v) is 6.67. The molecule has 0 fully saturated rings. The van der Waals surface area contributed by atoms with Gasteiger partial charge in [-0.15, -0.1) is 0 Å². The van der Waals surface area contributed by atoms with Gasteiger partial charge in [-0.3, -0.25) is 5.32 Å². The summed E-state index contributed by atoms with van der Waals surface area (Å²) in [7, 11) is 0. The lowest BCUT2D eigenvalue weighted by atomic mass is 9.96. The lowest BCUT2D eigenvalue weighted by molar-refractivity contribution is 0.403. The number of furan rings is 1. The zero-order valence-corrected chi connectivity index (χ0v) is 22.1. The Morgan fingerprint density at radius 2 is 1.49 bits per heavy atom. The molecule has 0 amide bonds. The molecule has 3 atom stereocenters. The lowest BCUT2D eigenvalue weighted by Gasteiger charge is -2.40. The van der Waals surface area contributed by atoms with Crippen LogP contribution >= 0.6 is 0 Å². The molecule has 0 saturated carbocycles. The van der Waals surface area contributed by atoms with Gasteiger partial charge >= 0.3 is 0 Å². The van der Waals surface area contributed by atoms with E-state index in [0.29, 0.717) is 0 Å². The monoisotopic (exact) mass is 529 g/mol. The second-order valence-corrected chi connectivity index (χ2v) is 10.8. The van der Waals surface area contributed by atoms with Crippen LogP contribution in [0.1, 0.15) is 40.8 Å². The van der Waals surface area contributed by atoms with Crippen molar-refractivity contribution < 1.29 is 4.42 Å². The smallest absolute Gasteiger partial charge is 0.135 e. The molecule has 0 saturated heterocycles. The number of para-hydroxylation sites is 1. The summed E-state index contributed by atoms with van der Waals surface area (Å²) in [6.07, 6.45) is 3.37. The molecule has 5 aromatic carbocycles. The zero-order valence-electron chi connectivity index (χ0n) is 22.1. The average molecular weight is 530 g/mol. The standard InChI is InChI=1S/C36H25N4O/c1-2-9-21(10-3-1)34-38-35(23-19-22-11-8-15-26-24-12-4-5-13-25(24)28(20-23)31(22)26)40-36(39-34)33-32-27-14-6-7-16-29(27)41-30(32)17-18-37-33/h1-20,33-35,38H,(H,39,40)/q-1. The Bertz CT molecular complexity index is 2060. The Labute approximate surface area is 237 Å². The summed E-state index contributed by atoms with van der Waals surface area (Å²) < 4.78 is 6.21. The molecule has 0 radical (unpaired) electrons. The molecule has 3 unspecified atom stereocenters. The van der Waals surface area contributed by atoms with Crippen LogP contribution < -0.4 is 10.6 Å². The third kappa shape index (κ3) is 3.43. The zero-order chi connectivity index (χ0) is 26.9. The molecule has 5 nitrogen and oxygen atoms in total. The molecule has 196 valence electrons. The number of fused-ring (bicyclic) bond motifs is 6. The first kappa shape index (κ1) is 22.7. The summed E-state index contributed by atoms with van der Waals surface area (Å²) in [5.74, 6) is 1.66. The van der Waals surface area contributed by atoms with Gasteiger partial charge in [-0.2, -0.15) is 6.20 Å². The molecule has 5 heteroatoms. The van der Waals surface area contributed by atoms with Crippen molar-refractivity contribution >= 4 is 33.7 Å². The summed E-state index contributed by atoms with van der Waals surface area (Å²) in [5, 5.41) is 16.0. The molecule has 3 aliphatic rings. The molecule has 0 bridgehead atoms. The SMILES string of the molecule is C1=Cc2oc3ccccc3c2C(C2=NC(c3cc4c5c(cccc5c3)-c3ccccc3-4)NC(c3ccccc3)N2)[N-]1. The van der Waals surface area contributed by atoms with E-state index in [4.69, 9.17) is 14.7 Å². The van der Waals surface area contributed by atoms with Crippen LogP contribution in [0.25, 0.3) is 55.4 Å². The number of benzene rings is 5.